The van der Waals surface area contributed by atoms with Crippen molar-refractivity contribution in [3.63, 3.8) is 0 Å². The molecule has 9 heteroatoms. The molecule has 0 unspecified atom stereocenters. The minimum atomic E-state index is -0.859. The number of hydrogen-bond donors (Lipinski definition) is 4. The first-order valence-electron chi connectivity index (χ1n) is 13.0. The quantitative estimate of drug-likeness (QED) is 0.263. The van der Waals surface area contributed by atoms with E-state index in [9.17, 15) is 14.7 Å². The van der Waals surface area contributed by atoms with E-state index in [1.807, 2.05) is 49.4 Å². The SMILES string of the molecule is Cc1nc(N)ccc1CNC(=O)C[C@@H]1C[C@H](O)c2cnc(NCC(c3ccccc3)c3ccccc3)c(=O)n21. The Hall–Kier alpha value is -4.50. The third kappa shape index (κ3) is 5.83. The van der Waals surface area contributed by atoms with Crippen LogP contribution in [0.3, 0.4) is 0 Å². The molecule has 200 valence electrons. The maximum Gasteiger partial charge on any atom is 0.293 e. The third-order valence-corrected chi connectivity index (χ3v) is 7.22. The molecule has 0 aliphatic carbocycles. The number of hydrogen-bond acceptors (Lipinski definition) is 7. The monoisotopic (exact) mass is 524 g/mol. The molecule has 1 amide bonds. The van der Waals surface area contributed by atoms with Gasteiger partial charge in [-0.25, -0.2) is 9.97 Å². The highest BCUT2D eigenvalue weighted by Gasteiger charge is 2.33. The van der Waals surface area contributed by atoms with E-state index in [1.54, 1.807) is 6.07 Å². The van der Waals surface area contributed by atoms with Crippen LogP contribution in [0, 0.1) is 6.92 Å². The Kier molecular flexibility index (Phi) is 7.69. The molecule has 0 spiro atoms. The lowest BCUT2D eigenvalue weighted by atomic mass is 9.91. The first kappa shape index (κ1) is 26.1. The minimum Gasteiger partial charge on any atom is -0.387 e. The van der Waals surface area contributed by atoms with Crippen molar-refractivity contribution < 1.29 is 9.90 Å². The molecule has 1 aliphatic rings. The summed E-state index contributed by atoms with van der Waals surface area (Å²) in [7, 11) is 0. The molecule has 1 aliphatic heterocycles. The largest absolute Gasteiger partial charge is 0.387 e. The third-order valence-electron chi connectivity index (χ3n) is 7.22. The van der Waals surface area contributed by atoms with E-state index in [4.69, 9.17) is 5.73 Å². The van der Waals surface area contributed by atoms with Gasteiger partial charge in [-0.15, -0.1) is 0 Å². The van der Waals surface area contributed by atoms with Gasteiger partial charge in [0.2, 0.25) is 5.91 Å². The number of amides is 1. The molecule has 3 heterocycles. The maximum atomic E-state index is 13.5. The van der Waals surface area contributed by atoms with E-state index < -0.39 is 12.1 Å². The molecule has 0 fully saturated rings. The molecule has 9 nitrogen and oxygen atoms in total. The number of nitrogens with one attached hydrogen (secondary N) is 2. The second kappa shape index (κ2) is 11.5. The lowest BCUT2D eigenvalue weighted by Gasteiger charge is -2.20. The summed E-state index contributed by atoms with van der Waals surface area (Å²) < 4.78 is 1.51. The summed E-state index contributed by atoms with van der Waals surface area (Å²) in [4.78, 5) is 34.9. The molecule has 0 saturated heterocycles. The minimum absolute atomic E-state index is 0.00491. The van der Waals surface area contributed by atoms with Gasteiger partial charge in [0, 0.05) is 43.6 Å². The van der Waals surface area contributed by atoms with Crippen molar-refractivity contribution in [3.05, 3.63) is 117 Å². The predicted molar refractivity (Wildman–Crippen MR) is 150 cm³/mol. The van der Waals surface area contributed by atoms with Crippen molar-refractivity contribution in [3.8, 4) is 0 Å². The van der Waals surface area contributed by atoms with Crippen molar-refractivity contribution in [2.75, 3.05) is 17.6 Å². The first-order valence-corrected chi connectivity index (χ1v) is 13.0. The van der Waals surface area contributed by atoms with Gasteiger partial charge in [-0.3, -0.25) is 9.59 Å². The van der Waals surface area contributed by atoms with Gasteiger partial charge in [-0.05, 0) is 29.7 Å². The second-order valence-electron chi connectivity index (χ2n) is 9.83. The molecule has 5 N–H and O–H groups in total. The Bertz CT molecular complexity index is 1470. The summed E-state index contributed by atoms with van der Waals surface area (Å²) in [5.74, 6) is 0.405. The Balaban J connectivity index is 1.31. The number of aliphatic hydroxyl groups is 1. The van der Waals surface area contributed by atoms with Gasteiger partial charge in [0.25, 0.3) is 5.56 Å². The van der Waals surface area contributed by atoms with Crippen LogP contribution < -0.4 is 21.9 Å². The molecular weight excluding hydrogens is 492 g/mol. The van der Waals surface area contributed by atoms with E-state index in [0.717, 1.165) is 22.4 Å². The number of fused-ring (bicyclic) bond motifs is 1. The molecule has 0 saturated carbocycles. The zero-order valence-corrected chi connectivity index (χ0v) is 21.7. The van der Waals surface area contributed by atoms with Crippen LogP contribution in [0.15, 0.2) is 83.8 Å². The number of aryl methyl sites for hydroxylation is 1. The molecule has 2 aromatic heterocycles. The topological polar surface area (TPSA) is 135 Å². The molecule has 5 rings (SSSR count). The zero-order chi connectivity index (χ0) is 27.4. The number of aliphatic hydroxyl groups excluding tert-OH is 1. The van der Waals surface area contributed by atoms with E-state index >= 15 is 0 Å². The maximum absolute atomic E-state index is 13.5. The van der Waals surface area contributed by atoms with E-state index in [0.29, 0.717) is 24.6 Å². The Morgan fingerprint density at radius 3 is 2.38 bits per heavy atom. The van der Waals surface area contributed by atoms with Gasteiger partial charge in [-0.1, -0.05) is 66.7 Å². The Labute approximate surface area is 226 Å². The number of pyridine rings is 1. The van der Waals surface area contributed by atoms with Crippen molar-refractivity contribution in [1.82, 2.24) is 19.9 Å². The lowest BCUT2D eigenvalue weighted by molar-refractivity contribution is -0.122. The smallest absolute Gasteiger partial charge is 0.293 e. The average Bonchev–Trinajstić information content (AvgIpc) is 3.25. The van der Waals surface area contributed by atoms with Crippen molar-refractivity contribution in [1.29, 1.82) is 0 Å². The predicted octanol–water partition coefficient (Wildman–Crippen LogP) is 3.46. The molecular formula is C30H32N6O3. The highest BCUT2D eigenvalue weighted by molar-refractivity contribution is 5.76. The zero-order valence-electron chi connectivity index (χ0n) is 21.7. The second-order valence-corrected chi connectivity index (χ2v) is 9.83. The van der Waals surface area contributed by atoms with Crippen LogP contribution in [0.25, 0.3) is 0 Å². The van der Waals surface area contributed by atoms with Gasteiger partial charge < -0.3 is 26.0 Å². The molecule has 2 atom stereocenters. The number of nitrogen functional groups attached to an aromatic ring is 1. The van der Waals surface area contributed by atoms with Crippen LogP contribution in [-0.4, -0.2) is 32.1 Å². The number of rotatable bonds is 9. The molecule has 2 aromatic carbocycles. The molecule has 4 aromatic rings. The lowest BCUT2D eigenvalue weighted by Crippen LogP contribution is -2.31. The summed E-state index contributed by atoms with van der Waals surface area (Å²) in [6.07, 6.45) is 0.996. The standard InChI is InChI=1S/C30H32N6O3/c1-19-22(12-13-27(31)35-19)16-32-28(38)15-23-14-26(37)25-18-34-29(30(39)36(23)25)33-17-24(20-8-4-2-5-9-20)21-10-6-3-7-11-21/h2-13,18,23-24,26,37H,14-17H2,1H3,(H2,31,35)(H,32,38)(H,33,34)/t23-,26-/m0/s1. The average molecular weight is 525 g/mol. The molecule has 39 heavy (non-hydrogen) atoms. The van der Waals surface area contributed by atoms with Crippen molar-refractivity contribution in [2.45, 2.75) is 44.4 Å². The fourth-order valence-electron chi connectivity index (χ4n) is 5.16. The van der Waals surface area contributed by atoms with Gasteiger partial charge in [-0.2, -0.15) is 0 Å². The van der Waals surface area contributed by atoms with Crippen molar-refractivity contribution in [2.24, 2.45) is 0 Å². The Morgan fingerprint density at radius 2 is 1.74 bits per heavy atom. The highest BCUT2D eigenvalue weighted by atomic mass is 16.3. The number of nitrogens with zero attached hydrogens (tertiary/aromatic N) is 3. The molecule has 0 radical (unpaired) electrons. The Morgan fingerprint density at radius 1 is 1.08 bits per heavy atom. The number of benzene rings is 2. The summed E-state index contributed by atoms with van der Waals surface area (Å²) in [5.41, 5.74) is 9.64. The van der Waals surface area contributed by atoms with Crippen LogP contribution >= 0.6 is 0 Å². The van der Waals surface area contributed by atoms with E-state index in [-0.39, 0.29) is 36.0 Å². The van der Waals surface area contributed by atoms with Crippen LogP contribution in [0.5, 0.6) is 0 Å². The number of carbonyl (C=O) groups is 1. The summed E-state index contributed by atoms with van der Waals surface area (Å²) in [6, 6.07) is 23.2. The molecule has 0 bridgehead atoms. The van der Waals surface area contributed by atoms with Gasteiger partial charge in [0.1, 0.15) is 5.82 Å². The van der Waals surface area contributed by atoms with Crippen LogP contribution in [-0.2, 0) is 11.3 Å². The van der Waals surface area contributed by atoms with Gasteiger partial charge in [0.15, 0.2) is 5.82 Å². The van der Waals surface area contributed by atoms with Gasteiger partial charge in [0.05, 0.1) is 18.0 Å². The highest BCUT2D eigenvalue weighted by Crippen LogP contribution is 2.34. The fraction of sp³-hybridized carbons (Fsp3) is 0.267. The van der Waals surface area contributed by atoms with Crippen LogP contribution in [0.1, 0.15) is 59.0 Å². The van der Waals surface area contributed by atoms with E-state index in [1.165, 1.54) is 10.8 Å². The fourth-order valence-corrected chi connectivity index (χ4v) is 5.16. The van der Waals surface area contributed by atoms with E-state index in [2.05, 4.69) is 44.9 Å². The van der Waals surface area contributed by atoms with Crippen molar-refractivity contribution >= 4 is 17.5 Å². The number of anilines is 2. The normalized spacial score (nSPS) is 16.2. The number of nitrogens with two attached hydrogens (primary N) is 1. The number of carbonyl (C=O) groups excluding carboxylic acids is 1. The first-order chi connectivity index (χ1) is 18.9. The van der Waals surface area contributed by atoms with Crippen LogP contribution in [0.2, 0.25) is 0 Å². The van der Waals surface area contributed by atoms with Gasteiger partial charge >= 0.3 is 0 Å². The summed E-state index contributed by atoms with van der Waals surface area (Å²) in [6.45, 7) is 2.60. The summed E-state index contributed by atoms with van der Waals surface area (Å²) in [5, 5.41) is 16.7. The summed E-state index contributed by atoms with van der Waals surface area (Å²) >= 11 is 0. The number of aromatic nitrogens is 3. The van der Waals surface area contributed by atoms with Crippen LogP contribution in [0.4, 0.5) is 11.6 Å².